The maximum Gasteiger partial charge on any atom is 0.180 e. The van der Waals surface area contributed by atoms with Crippen molar-refractivity contribution in [1.82, 2.24) is 10.3 Å². The first kappa shape index (κ1) is 23.3. The van der Waals surface area contributed by atoms with Crippen LogP contribution in [0.5, 0.6) is 11.5 Å². The van der Waals surface area contributed by atoms with E-state index in [-0.39, 0.29) is 12.4 Å². The Morgan fingerprint density at radius 1 is 0.897 bits per heavy atom. The number of aromatic nitrogens is 1. The molecule has 0 saturated heterocycles. The predicted molar refractivity (Wildman–Crippen MR) is 113 cm³/mol. The van der Waals surface area contributed by atoms with Crippen LogP contribution in [-0.2, 0) is 19.7 Å². The standard InChI is InChI=1S/C22H22Cl2N2O2.ClH/c1-2-27-21-12-17(14-26-13-16-7-9-25-10-8-16)11-20(24)22(21)28-15-18-5-3-4-6-19(18)23;/h3-12,26H,2,13-15H2,1H3;1H/p-1. The van der Waals surface area contributed by atoms with E-state index in [0.29, 0.717) is 41.3 Å². The number of halogens is 3. The molecular formula is C22H22Cl3N2O2-. The zero-order valence-electron chi connectivity index (χ0n) is 16.0. The van der Waals surface area contributed by atoms with Crippen molar-refractivity contribution in [3.63, 3.8) is 0 Å². The van der Waals surface area contributed by atoms with Crippen LogP contribution in [0.1, 0.15) is 23.6 Å². The van der Waals surface area contributed by atoms with Crippen molar-refractivity contribution in [3.05, 3.63) is 87.7 Å². The molecule has 0 amide bonds. The molecule has 1 heterocycles. The molecule has 0 atom stereocenters. The van der Waals surface area contributed by atoms with E-state index in [0.717, 1.165) is 17.7 Å². The fraction of sp³-hybridized carbons (Fsp3) is 0.227. The third kappa shape index (κ3) is 6.79. The fourth-order valence-electron chi connectivity index (χ4n) is 2.74. The maximum atomic E-state index is 6.50. The van der Waals surface area contributed by atoms with E-state index in [9.17, 15) is 0 Å². The topological polar surface area (TPSA) is 43.4 Å². The summed E-state index contributed by atoms with van der Waals surface area (Å²) in [6.45, 7) is 4.17. The Kier molecular flexibility index (Phi) is 9.55. The first-order chi connectivity index (χ1) is 13.7. The van der Waals surface area contributed by atoms with Crippen molar-refractivity contribution in [1.29, 1.82) is 0 Å². The molecule has 0 unspecified atom stereocenters. The Bertz CT molecular complexity index is 908. The summed E-state index contributed by atoms with van der Waals surface area (Å²) in [7, 11) is 0. The second-order valence-electron chi connectivity index (χ2n) is 6.18. The van der Waals surface area contributed by atoms with E-state index in [1.807, 2.05) is 55.5 Å². The molecule has 1 aromatic heterocycles. The summed E-state index contributed by atoms with van der Waals surface area (Å²) in [5.41, 5.74) is 3.09. The predicted octanol–water partition coefficient (Wildman–Crippen LogP) is 2.66. The number of hydrogen-bond acceptors (Lipinski definition) is 4. The van der Waals surface area contributed by atoms with Gasteiger partial charge in [0.1, 0.15) is 6.61 Å². The summed E-state index contributed by atoms with van der Waals surface area (Å²) >= 11 is 12.7. The lowest BCUT2D eigenvalue weighted by atomic mass is 10.2. The molecule has 0 aliphatic rings. The van der Waals surface area contributed by atoms with E-state index < -0.39 is 0 Å². The quantitative estimate of drug-likeness (QED) is 0.542. The third-order valence-corrected chi connectivity index (χ3v) is 4.76. The number of benzene rings is 2. The molecule has 0 radical (unpaired) electrons. The highest BCUT2D eigenvalue weighted by Gasteiger charge is 2.13. The first-order valence-electron chi connectivity index (χ1n) is 9.08. The molecular weight excluding hydrogens is 431 g/mol. The SMILES string of the molecule is CCOc1cc(CNCc2ccncc2)cc(Cl)c1OCc1ccccc1Cl.[Cl-]. The van der Waals surface area contributed by atoms with Gasteiger partial charge in [0, 0.05) is 36.1 Å². The van der Waals surface area contributed by atoms with Crippen LogP contribution < -0.4 is 27.2 Å². The summed E-state index contributed by atoms with van der Waals surface area (Å²) in [6.07, 6.45) is 3.57. The summed E-state index contributed by atoms with van der Waals surface area (Å²) in [5.74, 6) is 1.16. The number of hydrogen-bond donors (Lipinski definition) is 1. The normalized spacial score (nSPS) is 10.3. The van der Waals surface area contributed by atoms with Gasteiger partial charge in [0.05, 0.1) is 11.6 Å². The van der Waals surface area contributed by atoms with Gasteiger partial charge in [0.15, 0.2) is 11.5 Å². The molecule has 29 heavy (non-hydrogen) atoms. The summed E-state index contributed by atoms with van der Waals surface area (Å²) in [4.78, 5) is 4.03. The number of ether oxygens (including phenoxy) is 2. The van der Waals surface area contributed by atoms with Gasteiger partial charge in [-0.3, -0.25) is 4.98 Å². The minimum atomic E-state index is 0. The van der Waals surface area contributed by atoms with Crippen molar-refractivity contribution >= 4 is 23.2 Å². The monoisotopic (exact) mass is 451 g/mol. The van der Waals surface area contributed by atoms with Crippen molar-refractivity contribution in [2.75, 3.05) is 6.61 Å². The van der Waals surface area contributed by atoms with E-state index in [1.165, 1.54) is 5.56 Å². The molecule has 0 saturated carbocycles. The third-order valence-electron chi connectivity index (χ3n) is 4.11. The number of pyridine rings is 1. The lowest BCUT2D eigenvalue weighted by Crippen LogP contribution is -3.00. The van der Waals surface area contributed by atoms with Crippen molar-refractivity contribution in [2.45, 2.75) is 26.6 Å². The highest BCUT2D eigenvalue weighted by Crippen LogP contribution is 2.37. The maximum absolute atomic E-state index is 6.50. The smallest absolute Gasteiger partial charge is 0.180 e. The van der Waals surface area contributed by atoms with Gasteiger partial charge in [0.2, 0.25) is 0 Å². The molecule has 0 aliphatic carbocycles. The second kappa shape index (κ2) is 11.9. The van der Waals surface area contributed by atoms with Crippen LogP contribution in [0.4, 0.5) is 0 Å². The molecule has 2 aromatic carbocycles. The fourth-order valence-corrected chi connectivity index (χ4v) is 3.22. The molecule has 0 fully saturated rings. The highest BCUT2D eigenvalue weighted by molar-refractivity contribution is 6.32. The summed E-state index contributed by atoms with van der Waals surface area (Å²) in [6, 6.07) is 15.4. The minimum absolute atomic E-state index is 0. The molecule has 0 spiro atoms. The molecule has 154 valence electrons. The Balaban J connectivity index is 0.00000300. The average molecular weight is 453 g/mol. The van der Waals surface area contributed by atoms with Gasteiger partial charge in [0.25, 0.3) is 0 Å². The lowest BCUT2D eigenvalue weighted by Gasteiger charge is -2.16. The van der Waals surface area contributed by atoms with Gasteiger partial charge in [-0.25, -0.2) is 0 Å². The zero-order chi connectivity index (χ0) is 19.8. The van der Waals surface area contributed by atoms with E-state index >= 15 is 0 Å². The van der Waals surface area contributed by atoms with Crippen LogP contribution in [0.15, 0.2) is 60.9 Å². The molecule has 3 aromatic rings. The van der Waals surface area contributed by atoms with Crippen LogP contribution in [0, 0.1) is 0 Å². The van der Waals surface area contributed by atoms with Gasteiger partial charge < -0.3 is 27.2 Å². The second-order valence-corrected chi connectivity index (χ2v) is 6.99. The van der Waals surface area contributed by atoms with Crippen LogP contribution in [-0.4, -0.2) is 11.6 Å². The molecule has 4 nitrogen and oxygen atoms in total. The van der Waals surface area contributed by atoms with Gasteiger partial charge in [-0.1, -0.05) is 41.4 Å². The Morgan fingerprint density at radius 2 is 1.62 bits per heavy atom. The Hall–Kier alpha value is -1.98. The van der Waals surface area contributed by atoms with Crippen molar-refractivity contribution in [2.24, 2.45) is 0 Å². The molecule has 0 aliphatic heterocycles. The lowest BCUT2D eigenvalue weighted by molar-refractivity contribution is -0.00000634. The minimum Gasteiger partial charge on any atom is -1.00 e. The highest BCUT2D eigenvalue weighted by atomic mass is 35.5. The zero-order valence-corrected chi connectivity index (χ0v) is 18.3. The van der Waals surface area contributed by atoms with Crippen molar-refractivity contribution < 1.29 is 21.9 Å². The van der Waals surface area contributed by atoms with E-state index in [1.54, 1.807) is 12.4 Å². The number of nitrogens with zero attached hydrogens (tertiary/aromatic N) is 1. The number of rotatable bonds is 9. The largest absolute Gasteiger partial charge is 1.00 e. The van der Waals surface area contributed by atoms with Crippen molar-refractivity contribution in [3.8, 4) is 11.5 Å². The van der Waals surface area contributed by atoms with Gasteiger partial charge in [-0.05, 0) is 48.4 Å². The van der Waals surface area contributed by atoms with E-state index in [4.69, 9.17) is 32.7 Å². The first-order valence-corrected chi connectivity index (χ1v) is 9.84. The molecule has 0 bridgehead atoms. The van der Waals surface area contributed by atoms with Crippen LogP contribution in [0.2, 0.25) is 10.0 Å². The average Bonchev–Trinajstić information content (AvgIpc) is 2.70. The van der Waals surface area contributed by atoms with Crippen LogP contribution in [0.3, 0.4) is 0 Å². The summed E-state index contributed by atoms with van der Waals surface area (Å²) < 4.78 is 11.7. The molecule has 1 N–H and O–H groups in total. The number of nitrogens with one attached hydrogen (secondary N) is 1. The van der Waals surface area contributed by atoms with E-state index in [2.05, 4.69) is 10.3 Å². The molecule has 3 rings (SSSR count). The van der Waals surface area contributed by atoms with Gasteiger partial charge in [-0.15, -0.1) is 0 Å². The van der Waals surface area contributed by atoms with Crippen LogP contribution >= 0.6 is 23.2 Å². The van der Waals surface area contributed by atoms with Gasteiger partial charge >= 0.3 is 0 Å². The summed E-state index contributed by atoms with van der Waals surface area (Å²) in [5, 5.41) is 4.57. The molecule has 7 heteroatoms. The van der Waals surface area contributed by atoms with Crippen LogP contribution in [0.25, 0.3) is 0 Å². The Morgan fingerprint density at radius 3 is 2.34 bits per heavy atom. The van der Waals surface area contributed by atoms with Gasteiger partial charge in [-0.2, -0.15) is 0 Å². The Labute approximate surface area is 187 Å².